The molecule has 8 nitrogen and oxygen atoms in total. The fourth-order valence-corrected chi connectivity index (χ4v) is 4.74. The topological polar surface area (TPSA) is 109 Å². The van der Waals surface area contributed by atoms with Crippen LogP contribution in [0.5, 0.6) is 0 Å². The molecule has 170 valence electrons. The van der Waals surface area contributed by atoms with Crippen LogP contribution in [0.3, 0.4) is 0 Å². The van der Waals surface area contributed by atoms with Crippen molar-refractivity contribution in [2.75, 3.05) is 31.9 Å². The molecule has 32 heavy (non-hydrogen) atoms. The summed E-state index contributed by atoms with van der Waals surface area (Å²) in [6.07, 6.45) is 2.04. The summed E-state index contributed by atoms with van der Waals surface area (Å²) in [7, 11) is 0. The van der Waals surface area contributed by atoms with Crippen LogP contribution in [0.25, 0.3) is 10.9 Å². The number of para-hydroxylation sites is 1. The lowest BCUT2D eigenvalue weighted by Crippen LogP contribution is -2.63. The van der Waals surface area contributed by atoms with E-state index in [0.29, 0.717) is 31.9 Å². The van der Waals surface area contributed by atoms with Gasteiger partial charge in [-0.05, 0) is 38.8 Å². The summed E-state index contributed by atoms with van der Waals surface area (Å²) < 4.78 is 0. The van der Waals surface area contributed by atoms with E-state index in [1.54, 1.807) is 18.7 Å². The van der Waals surface area contributed by atoms with E-state index in [1.165, 1.54) is 0 Å². The summed E-state index contributed by atoms with van der Waals surface area (Å²) in [5.74, 6) is -0.283. The molecule has 0 spiro atoms. The molecule has 2 fully saturated rings. The molecule has 1 atom stereocenters. The number of hydrogen-bond acceptors (Lipinski definition) is 5. The van der Waals surface area contributed by atoms with Crippen LogP contribution in [0.2, 0.25) is 0 Å². The first-order valence-corrected chi connectivity index (χ1v) is 11.3. The summed E-state index contributed by atoms with van der Waals surface area (Å²) in [5, 5.41) is 3.79. The molecular formula is C24H31N5O3. The van der Waals surface area contributed by atoms with Gasteiger partial charge in [0.05, 0.1) is 16.9 Å². The molecule has 3 N–H and O–H groups in total. The minimum Gasteiger partial charge on any atom is -0.397 e. The molecule has 2 aromatic rings. The van der Waals surface area contributed by atoms with Crippen LogP contribution in [0.1, 0.15) is 51.1 Å². The van der Waals surface area contributed by atoms with Crippen molar-refractivity contribution in [1.82, 2.24) is 20.1 Å². The Morgan fingerprint density at radius 1 is 1.19 bits per heavy atom. The van der Waals surface area contributed by atoms with Crippen LogP contribution >= 0.6 is 0 Å². The normalized spacial score (nSPS) is 20.8. The monoisotopic (exact) mass is 437 g/mol. The first-order chi connectivity index (χ1) is 15.3. The van der Waals surface area contributed by atoms with Gasteiger partial charge in [-0.15, -0.1) is 0 Å². The Bertz CT molecular complexity index is 1050. The molecule has 2 aliphatic heterocycles. The van der Waals surface area contributed by atoms with Crippen LogP contribution in [0.15, 0.2) is 30.3 Å². The molecule has 0 bridgehead atoms. The third-order valence-corrected chi connectivity index (χ3v) is 6.65. The number of anilines is 1. The highest BCUT2D eigenvalue weighted by atomic mass is 16.2. The molecule has 1 aromatic carbocycles. The molecule has 2 saturated heterocycles. The number of nitrogens with zero attached hydrogens (tertiary/aromatic N) is 3. The van der Waals surface area contributed by atoms with Gasteiger partial charge in [0.2, 0.25) is 17.7 Å². The number of carbonyl (C=O) groups is 3. The Balaban J connectivity index is 1.39. The molecule has 1 aromatic heterocycles. The van der Waals surface area contributed by atoms with Gasteiger partial charge in [0.15, 0.2) is 0 Å². The molecule has 3 heterocycles. The maximum Gasteiger partial charge on any atom is 0.245 e. The number of pyridine rings is 1. The van der Waals surface area contributed by atoms with E-state index >= 15 is 0 Å². The fourth-order valence-electron chi connectivity index (χ4n) is 4.74. The Morgan fingerprint density at radius 3 is 2.75 bits per heavy atom. The summed E-state index contributed by atoms with van der Waals surface area (Å²) in [6, 6.07) is 9.83. The predicted molar refractivity (Wildman–Crippen MR) is 123 cm³/mol. The van der Waals surface area contributed by atoms with Crippen molar-refractivity contribution in [2.45, 2.75) is 51.0 Å². The minimum atomic E-state index is -0.895. The number of hydrogen-bond donors (Lipinski definition) is 2. The zero-order valence-electron chi connectivity index (χ0n) is 18.8. The lowest BCUT2D eigenvalue weighted by Gasteiger charge is -2.41. The van der Waals surface area contributed by atoms with Gasteiger partial charge in [0, 0.05) is 50.3 Å². The first-order valence-electron chi connectivity index (χ1n) is 11.3. The van der Waals surface area contributed by atoms with E-state index in [2.05, 4.69) is 5.32 Å². The van der Waals surface area contributed by atoms with E-state index in [-0.39, 0.29) is 36.5 Å². The van der Waals surface area contributed by atoms with E-state index in [9.17, 15) is 14.4 Å². The number of carbonyl (C=O) groups excluding carboxylic acids is 3. The number of aromatic nitrogens is 1. The summed E-state index contributed by atoms with van der Waals surface area (Å²) in [4.78, 5) is 46.0. The quantitative estimate of drug-likeness (QED) is 0.761. The molecule has 4 rings (SSSR count). The highest BCUT2D eigenvalue weighted by Gasteiger charge is 2.40. The number of nitrogen functional groups attached to an aromatic ring is 1. The minimum absolute atomic E-state index is 0.0401. The van der Waals surface area contributed by atoms with E-state index in [0.717, 1.165) is 29.4 Å². The second-order valence-electron chi connectivity index (χ2n) is 9.19. The van der Waals surface area contributed by atoms with Crippen LogP contribution in [-0.2, 0) is 14.4 Å². The van der Waals surface area contributed by atoms with Crippen LogP contribution < -0.4 is 11.1 Å². The van der Waals surface area contributed by atoms with Gasteiger partial charge in [-0.25, -0.2) is 0 Å². The first kappa shape index (κ1) is 22.0. The van der Waals surface area contributed by atoms with Gasteiger partial charge in [0.25, 0.3) is 0 Å². The Hall–Kier alpha value is -3.16. The number of nitrogens with two attached hydrogens (primary N) is 1. The highest BCUT2D eigenvalue weighted by Crippen LogP contribution is 2.31. The number of benzene rings is 1. The molecule has 3 amide bonds. The van der Waals surface area contributed by atoms with Gasteiger partial charge < -0.3 is 20.9 Å². The van der Waals surface area contributed by atoms with E-state index in [1.807, 2.05) is 35.2 Å². The van der Waals surface area contributed by atoms with Gasteiger partial charge in [-0.1, -0.05) is 18.2 Å². The molecule has 0 radical (unpaired) electrons. The molecule has 0 saturated carbocycles. The maximum atomic E-state index is 12.9. The lowest BCUT2D eigenvalue weighted by molar-refractivity contribution is -0.150. The number of rotatable bonds is 4. The highest BCUT2D eigenvalue weighted by molar-refractivity contribution is 5.93. The molecule has 0 aliphatic carbocycles. The van der Waals surface area contributed by atoms with Gasteiger partial charge >= 0.3 is 0 Å². The van der Waals surface area contributed by atoms with Gasteiger partial charge in [0.1, 0.15) is 5.54 Å². The third kappa shape index (κ3) is 4.26. The summed E-state index contributed by atoms with van der Waals surface area (Å²) in [6.45, 7) is 5.60. The number of amides is 3. The van der Waals surface area contributed by atoms with Crippen molar-refractivity contribution < 1.29 is 14.4 Å². The fraction of sp³-hybridized carbons (Fsp3) is 0.500. The number of piperazine rings is 1. The SMILES string of the molecule is CC1(C)C(=O)NCCN1C(=O)CCC(=O)N1CCCC(c2nc3ccccc3cc2N)C1. The largest absolute Gasteiger partial charge is 0.397 e. The van der Waals surface area contributed by atoms with E-state index < -0.39 is 5.54 Å². The van der Waals surface area contributed by atoms with Crippen LogP contribution in [0.4, 0.5) is 5.69 Å². The molecule has 2 aliphatic rings. The number of piperidine rings is 1. The standard InChI is InChI=1S/C24H31N5O3/c1-24(2)23(32)26-11-13-29(24)21(31)10-9-20(30)28-12-5-7-17(15-28)22-18(25)14-16-6-3-4-8-19(16)27-22/h3-4,6,8,14,17H,5,7,9-13,15,25H2,1-2H3,(H,26,32). The van der Waals surface area contributed by atoms with Gasteiger partial charge in [-0.3, -0.25) is 19.4 Å². The average molecular weight is 438 g/mol. The number of nitrogens with one attached hydrogen (secondary N) is 1. The number of likely N-dealkylation sites (tertiary alicyclic amines) is 1. The van der Waals surface area contributed by atoms with Gasteiger partial charge in [-0.2, -0.15) is 0 Å². The zero-order chi connectivity index (χ0) is 22.9. The predicted octanol–water partition coefficient (Wildman–Crippen LogP) is 2.04. The number of fused-ring (bicyclic) bond motifs is 1. The maximum absolute atomic E-state index is 12.9. The van der Waals surface area contributed by atoms with E-state index in [4.69, 9.17) is 10.7 Å². The molecular weight excluding hydrogens is 406 g/mol. The molecule has 1 unspecified atom stereocenters. The lowest BCUT2D eigenvalue weighted by atomic mass is 9.92. The second-order valence-corrected chi connectivity index (χ2v) is 9.19. The second kappa shape index (κ2) is 8.76. The smallest absolute Gasteiger partial charge is 0.245 e. The Kier molecular flexibility index (Phi) is 6.04. The summed E-state index contributed by atoms with van der Waals surface area (Å²) in [5.41, 5.74) is 7.82. The Morgan fingerprint density at radius 2 is 1.94 bits per heavy atom. The van der Waals surface area contributed by atoms with Crippen molar-refractivity contribution in [3.05, 3.63) is 36.0 Å². The average Bonchev–Trinajstić information content (AvgIpc) is 2.78. The van der Waals surface area contributed by atoms with Crippen molar-refractivity contribution >= 4 is 34.3 Å². The third-order valence-electron chi connectivity index (χ3n) is 6.65. The summed E-state index contributed by atoms with van der Waals surface area (Å²) >= 11 is 0. The van der Waals surface area contributed by atoms with Crippen molar-refractivity contribution in [3.63, 3.8) is 0 Å². The van der Waals surface area contributed by atoms with Crippen LogP contribution in [-0.4, -0.2) is 64.2 Å². The van der Waals surface area contributed by atoms with Crippen molar-refractivity contribution in [1.29, 1.82) is 0 Å². The van der Waals surface area contributed by atoms with Crippen LogP contribution in [0, 0.1) is 0 Å². The van der Waals surface area contributed by atoms with Crippen molar-refractivity contribution in [3.8, 4) is 0 Å². The molecule has 8 heteroatoms. The Labute approximate surface area is 188 Å². The zero-order valence-corrected chi connectivity index (χ0v) is 18.8. The van der Waals surface area contributed by atoms with Crippen molar-refractivity contribution in [2.24, 2.45) is 0 Å².